The number of nitrogens with zero attached hydrogens (tertiary/aromatic N) is 1. The summed E-state index contributed by atoms with van der Waals surface area (Å²) < 4.78 is 34.7. The van der Waals surface area contributed by atoms with Crippen LogP contribution in [0.2, 0.25) is 0 Å². The highest BCUT2D eigenvalue weighted by Gasteiger charge is 2.42. The Morgan fingerprint density at radius 1 is 0.959 bits per heavy atom. The van der Waals surface area contributed by atoms with E-state index in [1.807, 2.05) is 42.7 Å². The number of hydrogen-bond acceptors (Lipinski definition) is 8. The number of para-hydroxylation sites is 1. The quantitative estimate of drug-likeness (QED) is 0.142. The van der Waals surface area contributed by atoms with Crippen LogP contribution in [0.5, 0.6) is 5.75 Å². The van der Waals surface area contributed by atoms with Gasteiger partial charge in [0.1, 0.15) is 17.8 Å². The summed E-state index contributed by atoms with van der Waals surface area (Å²) in [7, 11) is -3.79. The fourth-order valence-electron chi connectivity index (χ4n) is 6.23. The van der Waals surface area contributed by atoms with Gasteiger partial charge in [-0.1, -0.05) is 88.1 Å². The molecular weight excluding hydrogens is 663 g/mol. The number of nitrogens with one attached hydrogen (secondary N) is 2. The van der Waals surface area contributed by atoms with Crippen LogP contribution >= 0.6 is 11.8 Å². The molecule has 264 valence electrons. The van der Waals surface area contributed by atoms with Gasteiger partial charge in [0.2, 0.25) is 5.91 Å². The number of carbonyl (C=O) groups is 3. The standard InChI is InChI=1S/C37H47N3O7S2/c1-5-7-19-37(20-8-6-2)24-40(28-17-13-10-14-18-28)29-21-31(48-4)30(22-32(29)49(45,46)25-37)47-23-33(41)39-34(27-15-11-9-12-16-27)35(42)38-26(3)36(43)44/h9-18,21-22,26,34H,5-8,19-20,23-25H2,1-4H3,(H,38,42)(H,39,41)(H,43,44). The maximum Gasteiger partial charge on any atom is 0.325 e. The second-order valence-corrected chi connectivity index (χ2v) is 15.4. The summed E-state index contributed by atoms with van der Waals surface area (Å²) in [6.45, 7) is 5.63. The molecule has 0 bridgehead atoms. The summed E-state index contributed by atoms with van der Waals surface area (Å²) in [5.74, 6) is -2.28. The van der Waals surface area contributed by atoms with Gasteiger partial charge in [-0.05, 0) is 49.8 Å². The van der Waals surface area contributed by atoms with Gasteiger partial charge in [0.05, 0.1) is 21.2 Å². The molecule has 0 spiro atoms. The van der Waals surface area contributed by atoms with E-state index in [4.69, 9.17) is 4.74 Å². The van der Waals surface area contributed by atoms with Gasteiger partial charge < -0.3 is 25.4 Å². The summed E-state index contributed by atoms with van der Waals surface area (Å²) in [6, 6.07) is 19.3. The van der Waals surface area contributed by atoms with Crippen molar-refractivity contribution in [3.05, 3.63) is 78.4 Å². The summed E-state index contributed by atoms with van der Waals surface area (Å²) in [5.41, 5.74) is 1.49. The normalized spacial score (nSPS) is 16.0. The number of unbranched alkanes of at least 4 members (excludes halogenated alkanes) is 2. The molecule has 3 N–H and O–H groups in total. The van der Waals surface area contributed by atoms with E-state index in [2.05, 4.69) is 29.4 Å². The minimum atomic E-state index is -3.79. The average molecular weight is 710 g/mol. The van der Waals surface area contributed by atoms with Crippen LogP contribution in [0.1, 0.15) is 70.9 Å². The molecule has 4 rings (SSSR count). The predicted octanol–water partition coefficient (Wildman–Crippen LogP) is 6.53. The number of carboxylic acid groups (broad SMARTS) is 1. The molecule has 0 saturated carbocycles. The van der Waals surface area contributed by atoms with Gasteiger partial charge in [0.25, 0.3) is 5.91 Å². The molecule has 0 fully saturated rings. The molecule has 49 heavy (non-hydrogen) atoms. The number of rotatable bonds is 16. The predicted molar refractivity (Wildman–Crippen MR) is 193 cm³/mol. The molecule has 0 radical (unpaired) electrons. The lowest BCUT2D eigenvalue weighted by Crippen LogP contribution is -2.46. The van der Waals surface area contributed by atoms with Crippen molar-refractivity contribution in [3.8, 4) is 5.75 Å². The highest BCUT2D eigenvalue weighted by atomic mass is 32.2. The first kappa shape index (κ1) is 37.8. The third-order valence-electron chi connectivity index (χ3n) is 8.84. The Balaban J connectivity index is 1.68. The van der Waals surface area contributed by atoms with Crippen LogP contribution in [-0.4, -0.2) is 62.5 Å². The first-order valence-electron chi connectivity index (χ1n) is 16.7. The number of ether oxygens (including phenoxy) is 1. The van der Waals surface area contributed by atoms with Crippen molar-refractivity contribution in [1.29, 1.82) is 0 Å². The van der Waals surface area contributed by atoms with Crippen molar-refractivity contribution in [1.82, 2.24) is 10.6 Å². The number of fused-ring (bicyclic) bond motifs is 1. The molecule has 1 aliphatic rings. The number of sulfone groups is 1. The first-order chi connectivity index (χ1) is 23.4. The zero-order valence-electron chi connectivity index (χ0n) is 28.6. The lowest BCUT2D eigenvalue weighted by Gasteiger charge is -2.37. The summed E-state index contributed by atoms with van der Waals surface area (Å²) >= 11 is 1.38. The van der Waals surface area contributed by atoms with Crippen molar-refractivity contribution in [2.45, 2.75) is 81.2 Å². The number of amides is 2. The Hall–Kier alpha value is -4.03. The topological polar surface area (TPSA) is 142 Å². The molecule has 2 amide bonds. The molecule has 12 heteroatoms. The smallest absolute Gasteiger partial charge is 0.325 e. The van der Waals surface area contributed by atoms with Crippen LogP contribution < -0.4 is 20.3 Å². The van der Waals surface area contributed by atoms with Crippen LogP contribution in [-0.2, 0) is 24.2 Å². The molecule has 3 aromatic rings. The van der Waals surface area contributed by atoms with E-state index in [9.17, 15) is 27.9 Å². The largest absolute Gasteiger partial charge is 0.483 e. The van der Waals surface area contributed by atoms with Crippen molar-refractivity contribution in [3.63, 3.8) is 0 Å². The van der Waals surface area contributed by atoms with Gasteiger partial charge in [-0.2, -0.15) is 0 Å². The van der Waals surface area contributed by atoms with E-state index in [0.29, 0.717) is 22.7 Å². The zero-order chi connectivity index (χ0) is 35.6. The summed E-state index contributed by atoms with van der Waals surface area (Å²) in [5, 5.41) is 14.3. The van der Waals surface area contributed by atoms with Gasteiger partial charge in [-0.15, -0.1) is 11.8 Å². The monoisotopic (exact) mass is 709 g/mol. The maximum atomic E-state index is 14.4. The van der Waals surface area contributed by atoms with Crippen molar-refractivity contribution >= 4 is 50.8 Å². The molecule has 2 unspecified atom stereocenters. The van der Waals surface area contributed by atoms with E-state index in [1.54, 1.807) is 30.3 Å². The van der Waals surface area contributed by atoms with Crippen LogP contribution in [0.3, 0.4) is 0 Å². The van der Waals surface area contributed by atoms with Gasteiger partial charge in [0, 0.05) is 23.7 Å². The second-order valence-electron chi connectivity index (χ2n) is 12.6. The van der Waals surface area contributed by atoms with Crippen LogP contribution in [0.4, 0.5) is 11.4 Å². The molecule has 0 aromatic heterocycles. The van der Waals surface area contributed by atoms with Gasteiger partial charge >= 0.3 is 5.97 Å². The first-order valence-corrected chi connectivity index (χ1v) is 19.6. The fraction of sp³-hybridized carbons (Fsp3) is 0.432. The van der Waals surface area contributed by atoms with Gasteiger partial charge in [-0.25, -0.2) is 8.42 Å². The van der Waals surface area contributed by atoms with Gasteiger partial charge in [-0.3, -0.25) is 14.4 Å². The van der Waals surface area contributed by atoms with Crippen LogP contribution in [0.25, 0.3) is 0 Å². The molecule has 1 heterocycles. The average Bonchev–Trinajstić information content (AvgIpc) is 3.19. The SMILES string of the molecule is CCCCC1(CCCC)CN(c2ccccc2)c2cc(SC)c(OCC(=O)NC(C(=O)NC(C)C(=O)O)c3ccccc3)cc2S(=O)(=O)C1. The molecule has 0 aliphatic carbocycles. The Morgan fingerprint density at radius 2 is 1.57 bits per heavy atom. The number of thioether (sulfide) groups is 1. The van der Waals surface area contributed by atoms with E-state index < -0.39 is 51.7 Å². The van der Waals surface area contributed by atoms with Crippen molar-refractivity contribution in [2.24, 2.45) is 5.41 Å². The molecule has 0 saturated heterocycles. The minimum Gasteiger partial charge on any atom is -0.483 e. The minimum absolute atomic E-state index is 0.0114. The summed E-state index contributed by atoms with van der Waals surface area (Å²) in [6.07, 6.45) is 7.23. The Labute approximate surface area is 293 Å². The highest BCUT2D eigenvalue weighted by Crippen LogP contribution is 2.47. The summed E-state index contributed by atoms with van der Waals surface area (Å²) in [4.78, 5) is 40.6. The second kappa shape index (κ2) is 17.1. The van der Waals surface area contributed by atoms with Crippen molar-refractivity contribution < 1.29 is 32.6 Å². The molecule has 3 aromatic carbocycles. The maximum absolute atomic E-state index is 14.4. The lowest BCUT2D eigenvalue weighted by atomic mass is 9.79. The number of anilines is 2. The number of carbonyl (C=O) groups excluding carboxylic acids is 2. The lowest BCUT2D eigenvalue weighted by molar-refractivity contribution is -0.141. The third-order valence-corrected chi connectivity index (χ3v) is 11.6. The Bertz CT molecular complexity index is 1690. The molecule has 1 aliphatic heterocycles. The fourth-order valence-corrected chi connectivity index (χ4v) is 8.89. The zero-order valence-corrected chi connectivity index (χ0v) is 30.2. The van der Waals surface area contributed by atoms with E-state index >= 15 is 0 Å². The third kappa shape index (κ3) is 9.57. The van der Waals surface area contributed by atoms with Crippen LogP contribution in [0, 0.1) is 5.41 Å². The molecule has 2 atom stereocenters. The van der Waals surface area contributed by atoms with Crippen molar-refractivity contribution in [2.75, 3.05) is 30.1 Å². The Morgan fingerprint density at radius 3 is 2.14 bits per heavy atom. The van der Waals surface area contributed by atoms with E-state index in [-0.39, 0.29) is 16.4 Å². The number of hydrogen-bond donors (Lipinski definition) is 3. The van der Waals surface area contributed by atoms with Gasteiger partial charge in [0.15, 0.2) is 16.4 Å². The number of benzene rings is 3. The highest BCUT2D eigenvalue weighted by molar-refractivity contribution is 7.98. The Kier molecular flexibility index (Phi) is 13.2. The van der Waals surface area contributed by atoms with E-state index in [1.165, 1.54) is 24.8 Å². The number of aliphatic carboxylic acids is 1. The molecule has 10 nitrogen and oxygen atoms in total. The van der Waals surface area contributed by atoms with Crippen LogP contribution in [0.15, 0.2) is 82.6 Å². The van der Waals surface area contributed by atoms with E-state index in [0.717, 1.165) is 44.2 Å². The molecular formula is C37H47N3O7S2. The number of carboxylic acids is 1.